The van der Waals surface area contributed by atoms with Crippen LogP contribution < -0.4 is 16.1 Å². The van der Waals surface area contributed by atoms with E-state index in [-0.39, 0.29) is 35.8 Å². The summed E-state index contributed by atoms with van der Waals surface area (Å²) in [5, 5.41) is 16.3. The van der Waals surface area contributed by atoms with Gasteiger partial charge in [0, 0.05) is 38.7 Å². The number of fused-ring (bicyclic) bond motifs is 1. The summed E-state index contributed by atoms with van der Waals surface area (Å²) in [5.74, 6) is -4.01. The van der Waals surface area contributed by atoms with Crippen molar-refractivity contribution in [1.29, 1.82) is 0 Å². The fourth-order valence-corrected chi connectivity index (χ4v) is 4.08. The van der Waals surface area contributed by atoms with Crippen LogP contribution in [0.15, 0.2) is 28.1 Å². The topological polar surface area (TPSA) is 104 Å². The van der Waals surface area contributed by atoms with Crippen LogP contribution in [0.4, 0.5) is 8.78 Å². The van der Waals surface area contributed by atoms with Crippen molar-refractivity contribution >= 4 is 11.8 Å². The first-order valence-electron chi connectivity index (χ1n) is 10.7. The van der Waals surface area contributed by atoms with Crippen LogP contribution in [0.25, 0.3) is 0 Å². The second kappa shape index (κ2) is 9.64. The van der Waals surface area contributed by atoms with Gasteiger partial charge in [-0.25, -0.2) is 8.78 Å². The number of amides is 2. The number of hydrogen-bond donors (Lipinski definition) is 3. The Morgan fingerprint density at radius 1 is 1.31 bits per heavy atom. The molecule has 0 fully saturated rings. The summed E-state index contributed by atoms with van der Waals surface area (Å²) in [5.41, 5.74) is -1.12. The van der Waals surface area contributed by atoms with Crippen LogP contribution in [0, 0.1) is 0 Å². The molecule has 174 valence electrons. The standard InChI is InChI=1S/C22H28F2N4O4/c1-4-25-14-9-10-28-17(14)15(19(29)20(30)18(28)22(32)27(3)5-2)21(31)26-11-12-7-6-8-13(23)16(12)24/h7,14,25,30H,4-6,8-11H2,1-3H3,(H,26,31)/t14-/m0/s1. The highest BCUT2D eigenvalue weighted by atomic mass is 19.2. The van der Waals surface area contributed by atoms with Crippen molar-refractivity contribution in [3.63, 3.8) is 0 Å². The van der Waals surface area contributed by atoms with Gasteiger partial charge in [0.05, 0.1) is 11.7 Å². The van der Waals surface area contributed by atoms with E-state index < -0.39 is 34.6 Å². The minimum absolute atomic E-state index is 0.00247. The van der Waals surface area contributed by atoms with E-state index in [9.17, 15) is 28.3 Å². The van der Waals surface area contributed by atoms with Gasteiger partial charge in [-0.2, -0.15) is 0 Å². The zero-order valence-electron chi connectivity index (χ0n) is 18.4. The first-order valence-corrected chi connectivity index (χ1v) is 10.7. The number of halogens is 2. The molecule has 2 amide bonds. The highest BCUT2D eigenvalue weighted by molar-refractivity contribution is 6.00. The maximum Gasteiger partial charge on any atom is 0.274 e. The molecular formula is C22H28F2N4O4. The summed E-state index contributed by atoms with van der Waals surface area (Å²) in [6.45, 7) is 4.58. The number of allylic oxidation sites excluding steroid dienone is 2. The van der Waals surface area contributed by atoms with Crippen LogP contribution in [0.5, 0.6) is 5.75 Å². The molecule has 10 heteroatoms. The molecule has 2 heterocycles. The lowest BCUT2D eigenvalue weighted by Crippen LogP contribution is -2.37. The van der Waals surface area contributed by atoms with Crippen molar-refractivity contribution in [2.24, 2.45) is 0 Å². The van der Waals surface area contributed by atoms with E-state index >= 15 is 0 Å². The summed E-state index contributed by atoms with van der Waals surface area (Å²) in [4.78, 5) is 40.3. The predicted octanol–water partition coefficient (Wildman–Crippen LogP) is 2.30. The van der Waals surface area contributed by atoms with E-state index in [1.165, 1.54) is 15.5 Å². The second-order valence-corrected chi connectivity index (χ2v) is 7.83. The van der Waals surface area contributed by atoms with Crippen molar-refractivity contribution < 1.29 is 23.5 Å². The van der Waals surface area contributed by atoms with Crippen molar-refractivity contribution in [3.05, 3.63) is 50.5 Å². The zero-order valence-corrected chi connectivity index (χ0v) is 18.4. The Labute approximate surface area is 184 Å². The minimum atomic E-state index is -1.00. The Morgan fingerprint density at radius 2 is 2.03 bits per heavy atom. The molecule has 1 aromatic rings. The highest BCUT2D eigenvalue weighted by Gasteiger charge is 2.36. The number of hydrogen-bond acceptors (Lipinski definition) is 5. The minimum Gasteiger partial charge on any atom is -0.503 e. The van der Waals surface area contributed by atoms with Crippen molar-refractivity contribution in [2.75, 3.05) is 26.7 Å². The quantitative estimate of drug-likeness (QED) is 0.592. The SMILES string of the molecule is CCN[C@H]1CCn2c(C(=O)N(C)CC)c(O)c(=O)c(C(=O)NCC3=CCCC(F)=C3F)c21. The third-order valence-electron chi connectivity index (χ3n) is 5.87. The molecule has 1 atom stereocenters. The Hall–Kier alpha value is -3.01. The number of rotatable bonds is 7. The van der Waals surface area contributed by atoms with Gasteiger partial charge in [-0.15, -0.1) is 0 Å². The van der Waals surface area contributed by atoms with E-state index in [0.29, 0.717) is 38.2 Å². The molecule has 2 aliphatic rings. The smallest absolute Gasteiger partial charge is 0.274 e. The maximum absolute atomic E-state index is 14.0. The second-order valence-electron chi connectivity index (χ2n) is 7.83. The summed E-state index contributed by atoms with van der Waals surface area (Å²) in [6, 6.07) is -0.379. The summed E-state index contributed by atoms with van der Waals surface area (Å²) in [6.07, 6.45) is 2.30. The number of pyridine rings is 1. The number of carbonyl (C=O) groups excluding carboxylic acids is 2. The Balaban J connectivity index is 2.04. The molecule has 0 radical (unpaired) electrons. The predicted molar refractivity (Wildman–Crippen MR) is 115 cm³/mol. The molecule has 1 aromatic heterocycles. The van der Waals surface area contributed by atoms with Crippen LogP contribution in [-0.4, -0.2) is 53.1 Å². The fraction of sp³-hybridized carbons (Fsp3) is 0.500. The van der Waals surface area contributed by atoms with Gasteiger partial charge in [0.1, 0.15) is 11.4 Å². The van der Waals surface area contributed by atoms with Crippen LogP contribution in [0.2, 0.25) is 0 Å². The van der Waals surface area contributed by atoms with Crippen LogP contribution in [-0.2, 0) is 6.54 Å². The van der Waals surface area contributed by atoms with E-state index in [4.69, 9.17) is 0 Å². The monoisotopic (exact) mass is 450 g/mol. The van der Waals surface area contributed by atoms with E-state index in [1.807, 2.05) is 6.92 Å². The summed E-state index contributed by atoms with van der Waals surface area (Å²) < 4.78 is 29.0. The van der Waals surface area contributed by atoms with Gasteiger partial charge in [-0.1, -0.05) is 13.0 Å². The van der Waals surface area contributed by atoms with E-state index in [0.717, 1.165) is 0 Å². The number of nitrogens with one attached hydrogen (secondary N) is 2. The third kappa shape index (κ3) is 4.19. The molecule has 8 nitrogen and oxygen atoms in total. The Kier molecular flexibility index (Phi) is 7.12. The molecule has 1 aliphatic carbocycles. The Bertz CT molecular complexity index is 1060. The molecule has 0 aromatic carbocycles. The molecule has 0 bridgehead atoms. The number of carbonyl (C=O) groups is 2. The maximum atomic E-state index is 14.0. The van der Waals surface area contributed by atoms with Gasteiger partial charge >= 0.3 is 0 Å². The first kappa shape index (κ1) is 23.6. The molecule has 0 saturated carbocycles. The molecule has 0 saturated heterocycles. The van der Waals surface area contributed by atoms with Crippen molar-refractivity contribution in [2.45, 2.75) is 45.7 Å². The molecule has 0 spiro atoms. The lowest BCUT2D eigenvalue weighted by Gasteiger charge is -2.22. The number of aromatic hydroxyl groups is 1. The van der Waals surface area contributed by atoms with E-state index in [1.54, 1.807) is 14.0 Å². The Morgan fingerprint density at radius 3 is 2.69 bits per heavy atom. The molecule has 3 rings (SSSR count). The molecule has 32 heavy (non-hydrogen) atoms. The van der Waals surface area contributed by atoms with Gasteiger partial charge in [-0.05, 0) is 26.3 Å². The van der Waals surface area contributed by atoms with Crippen LogP contribution in [0.3, 0.4) is 0 Å². The normalized spacial score (nSPS) is 17.8. The largest absolute Gasteiger partial charge is 0.503 e. The average molecular weight is 450 g/mol. The first-order chi connectivity index (χ1) is 15.2. The van der Waals surface area contributed by atoms with Crippen LogP contribution >= 0.6 is 0 Å². The van der Waals surface area contributed by atoms with Crippen LogP contribution in [0.1, 0.15) is 65.7 Å². The van der Waals surface area contributed by atoms with Gasteiger partial charge in [0.25, 0.3) is 11.8 Å². The summed E-state index contributed by atoms with van der Waals surface area (Å²) in [7, 11) is 1.55. The lowest BCUT2D eigenvalue weighted by molar-refractivity contribution is 0.0785. The van der Waals surface area contributed by atoms with Crippen molar-refractivity contribution in [1.82, 2.24) is 20.1 Å². The number of aromatic nitrogens is 1. The molecule has 3 N–H and O–H groups in total. The molecule has 0 unspecified atom stereocenters. The fourth-order valence-electron chi connectivity index (χ4n) is 4.08. The number of nitrogens with zero attached hydrogens (tertiary/aromatic N) is 2. The highest BCUT2D eigenvalue weighted by Crippen LogP contribution is 2.32. The van der Waals surface area contributed by atoms with Gasteiger partial charge in [0.15, 0.2) is 17.3 Å². The zero-order chi connectivity index (χ0) is 23.6. The summed E-state index contributed by atoms with van der Waals surface area (Å²) >= 11 is 0. The molecule has 1 aliphatic heterocycles. The van der Waals surface area contributed by atoms with Gasteiger partial charge in [-0.3, -0.25) is 14.4 Å². The third-order valence-corrected chi connectivity index (χ3v) is 5.87. The van der Waals surface area contributed by atoms with Crippen molar-refractivity contribution in [3.8, 4) is 5.75 Å². The van der Waals surface area contributed by atoms with Gasteiger partial charge < -0.3 is 25.2 Å². The van der Waals surface area contributed by atoms with E-state index in [2.05, 4.69) is 10.6 Å². The van der Waals surface area contributed by atoms with Gasteiger partial charge in [0.2, 0.25) is 5.43 Å². The molecular weight excluding hydrogens is 422 g/mol. The lowest BCUT2D eigenvalue weighted by atomic mass is 10.0. The average Bonchev–Trinajstić information content (AvgIpc) is 3.17.